The highest BCUT2D eigenvalue weighted by atomic mass is 32.1. The zero-order valence-corrected chi connectivity index (χ0v) is 12.1. The normalized spacial score (nSPS) is 14.5. The van der Waals surface area contributed by atoms with Crippen molar-refractivity contribution in [2.24, 2.45) is 0 Å². The number of hydrogen-bond donors (Lipinski definition) is 3. The number of aryl methyl sites for hydroxylation is 1. The van der Waals surface area contributed by atoms with E-state index in [2.05, 4.69) is 10.6 Å². The Hall–Kier alpha value is -1.89. The summed E-state index contributed by atoms with van der Waals surface area (Å²) in [4.78, 5) is 35.2. The van der Waals surface area contributed by atoms with Gasteiger partial charge in [-0.2, -0.15) is 0 Å². The van der Waals surface area contributed by atoms with Crippen LogP contribution in [0.2, 0.25) is 0 Å². The number of carboxylic acid groups (broad SMARTS) is 1. The van der Waals surface area contributed by atoms with Gasteiger partial charge in [0.05, 0.1) is 5.56 Å². The van der Waals surface area contributed by atoms with Gasteiger partial charge in [-0.3, -0.25) is 9.59 Å². The number of rotatable bonds is 4. The molecule has 0 radical (unpaired) electrons. The van der Waals surface area contributed by atoms with Gasteiger partial charge in [-0.05, 0) is 31.7 Å². The zero-order valence-electron chi connectivity index (χ0n) is 11.3. The first-order chi connectivity index (χ1) is 9.40. The fraction of sp³-hybridized carbons (Fsp3) is 0.462. The second-order valence-corrected chi connectivity index (χ2v) is 5.88. The van der Waals surface area contributed by atoms with Gasteiger partial charge < -0.3 is 15.7 Å². The summed E-state index contributed by atoms with van der Waals surface area (Å²) >= 11 is 1.32. The third-order valence-corrected chi connectivity index (χ3v) is 4.39. The summed E-state index contributed by atoms with van der Waals surface area (Å²) in [5.41, 5.74) is 1.04. The van der Waals surface area contributed by atoms with Gasteiger partial charge in [-0.1, -0.05) is 0 Å². The van der Waals surface area contributed by atoms with Gasteiger partial charge in [-0.25, -0.2) is 4.79 Å². The van der Waals surface area contributed by atoms with Gasteiger partial charge in [0.1, 0.15) is 11.0 Å². The molecule has 20 heavy (non-hydrogen) atoms. The third kappa shape index (κ3) is 2.82. The Balaban J connectivity index is 2.20. The Kier molecular flexibility index (Phi) is 4.08. The van der Waals surface area contributed by atoms with Crippen LogP contribution in [0.1, 0.15) is 41.1 Å². The van der Waals surface area contributed by atoms with E-state index < -0.39 is 17.9 Å². The minimum Gasteiger partial charge on any atom is -0.478 e. The predicted octanol–water partition coefficient (Wildman–Crippen LogP) is 1.40. The van der Waals surface area contributed by atoms with E-state index in [1.165, 1.54) is 18.3 Å². The molecule has 7 heteroatoms. The molecule has 1 aromatic rings. The maximum absolute atomic E-state index is 11.9. The first-order valence-electron chi connectivity index (χ1n) is 6.36. The molecule has 0 aromatic carbocycles. The van der Waals surface area contributed by atoms with Crippen molar-refractivity contribution in [1.29, 1.82) is 0 Å². The van der Waals surface area contributed by atoms with Gasteiger partial charge in [0.15, 0.2) is 0 Å². The van der Waals surface area contributed by atoms with E-state index in [-0.39, 0.29) is 11.5 Å². The maximum Gasteiger partial charge on any atom is 0.339 e. The molecule has 1 heterocycles. The zero-order chi connectivity index (χ0) is 14.9. The second-order valence-electron chi connectivity index (χ2n) is 4.78. The second kappa shape index (κ2) is 5.62. The molecule has 6 nitrogen and oxygen atoms in total. The highest BCUT2D eigenvalue weighted by Crippen LogP contribution is 2.39. The number of hydrogen-bond acceptors (Lipinski definition) is 4. The van der Waals surface area contributed by atoms with Crippen molar-refractivity contribution < 1.29 is 19.5 Å². The lowest BCUT2D eigenvalue weighted by Gasteiger charge is -2.12. The minimum atomic E-state index is -1.02. The van der Waals surface area contributed by atoms with Crippen LogP contribution in [0.5, 0.6) is 0 Å². The summed E-state index contributed by atoms with van der Waals surface area (Å²) in [6.45, 7) is 2.88. The molecule has 0 spiro atoms. The Bertz CT molecular complexity index is 579. The van der Waals surface area contributed by atoms with E-state index in [0.717, 1.165) is 29.7 Å². The lowest BCUT2D eigenvalue weighted by molar-refractivity contribution is -0.124. The maximum atomic E-state index is 11.9. The highest BCUT2D eigenvalue weighted by Gasteiger charge is 2.28. The van der Waals surface area contributed by atoms with E-state index >= 15 is 0 Å². The van der Waals surface area contributed by atoms with Gasteiger partial charge in [0, 0.05) is 11.8 Å². The molecule has 0 saturated heterocycles. The molecule has 3 N–H and O–H groups in total. The molecule has 2 amide bonds. The van der Waals surface area contributed by atoms with Crippen LogP contribution in [0, 0.1) is 0 Å². The van der Waals surface area contributed by atoms with Crippen LogP contribution in [0.15, 0.2) is 0 Å². The van der Waals surface area contributed by atoms with Gasteiger partial charge >= 0.3 is 5.97 Å². The number of carbonyl (C=O) groups is 3. The van der Waals surface area contributed by atoms with Crippen molar-refractivity contribution in [3.63, 3.8) is 0 Å². The summed E-state index contributed by atoms with van der Waals surface area (Å²) in [5, 5.41) is 14.7. The number of nitrogens with one attached hydrogen (secondary N) is 2. The first-order valence-corrected chi connectivity index (χ1v) is 7.17. The van der Waals surface area contributed by atoms with E-state index in [1.807, 2.05) is 0 Å². The van der Waals surface area contributed by atoms with E-state index in [0.29, 0.717) is 5.00 Å². The van der Waals surface area contributed by atoms with Crippen molar-refractivity contribution in [3.8, 4) is 0 Å². The SMILES string of the molecule is CC(=O)NC(C)C(=O)Nc1sc2c(c1C(=O)O)CCC2. The van der Waals surface area contributed by atoms with Crippen molar-refractivity contribution in [2.75, 3.05) is 5.32 Å². The number of aromatic carboxylic acids is 1. The topological polar surface area (TPSA) is 95.5 Å². The molecule has 2 rings (SSSR count). The molecule has 0 bridgehead atoms. The fourth-order valence-electron chi connectivity index (χ4n) is 2.31. The van der Waals surface area contributed by atoms with Crippen LogP contribution >= 0.6 is 11.3 Å². The van der Waals surface area contributed by atoms with Crippen LogP contribution in [0.4, 0.5) is 5.00 Å². The average Bonchev–Trinajstić information content (AvgIpc) is 2.86. The third-order valence-electron chi connectivity index (χ3n) is 3.18. The number of fused-ring (bicyclic) bond motifs is 1. The quantitative estimate of drug-likeness (QED) is 0.782. The van der Waals surface area contributed by atoms with Gasteiger partial charge in [-0.15, -0.1) is 11.3 Å². The Morgan fingerprint density at radius 1 is 1.30 bits per heavy atom. The van der Waals surface area contributed by atoms with E-state index in [1.54, 1.807) is 6.92 Å². The molecule has 1 aromatic heterocycles. The monoisotopic (exact) mass is 296 g/mol. The number of amides is 2. The van der Waals surface area contributed by atoms with Crippen LogP contribution < -0.4 is 10.6 Å². The van der Waals surface area contributed by atoms with E-state index in [4.69, 9.17) is 0 Å². The minimum absolute atomic E-state index is 0.200. The molecule has 0 saturated carbocycles. The standard InChI is InChI=1S/C13H16N2O4S/c1-6(14-7(2)16)11(17)15-12-10(13(18)19)8-4-3-5-9(8)20-12/h6H,3-5H2,1-2H3,(H,14,16)(H,15,17)(H,18,19). The summed E-state index contributed by atoms with van der Waals surface area (Å²) in [7, 11) is 0. The Morgan fingerprint density at radius 2 is 2.00 bits per heavy atom. The largest absolute Gasteiger partial charge is 0.478 e. The number of thiophene rings is 1. The molecule has 1 aliphatic carbocycles. The number of anilines is 1. The fourth-order valence-corrected chi connectivity index (χ4v) is 3.59. The van der Waals surface area contributed by atoms with Gasteiger partial charge in [0.25, 0.3) is 0 Å². The summed E-state index contributed by atoms with van der Waals surface area (Å²) in [6.07, 6.45) is 2.56. The number of carbonyl (C=O) groups excluding carboxylic acids is 2. The summed E-state index contributed by atoms with van der Waals surface area (Å²) < 4.78 is 0. The predicted molar refractivity (Wildman–Crippen MR) is 75.2 cm³/mol. The van der Waals surface area contributed by atoms with Crippen molar-refractivity contribution in [3.05, 3.63) is 16.0 Å². The highest BCUT2D eigenvalue weighted by molar-refractivity contribution is 7.17. The smallest absolute Gasteiger partial charge is 0.339 e. The molecule has 1 aliphatic rings. The molecule has 108 valence electrons. The molecule has 0 fully saturated rings. The lowest BCUT2D eigenvalue weighted by Crippen LogP contribution is -2.40. The van der Waals surface area contributed by atoms with Crippen molar-refractivity contribution in [1.82, 2.24) is 5.32 Å². The molecular weight excluding hydrogens is 280 g/mol. The van der Waals surface area contributed by atoms with Crippen molar-refractivity contribution in [2.45, 2.75) is 39.2 Å². The van der Waals surface area contributed by atoms with Gasteiger partial charge in [0.2, 0.25) is 11.8 Å². The van der Waals surface area contributed by atoms with Crippen LogP contribution in [-0.2, 0) is 22.4 Å². The molecule has 1 atom stereocenters. The molecule has 1 unspecified atom stereocenters. The van der Waals surface area contributed by atoms with Crippen molar-refractivity contribution >= 4 is 34.1 Å². The Labute approximate surface area is 120 Å². The Morgan fingerprint density at radius 3 is 2.60 bits per heavy atom. The lowest BCUT2D eigenvalue weighted by atomic mass is 10.1. The summed E-state index contributed by atoms with van der Waals surface area (Å²) in [5.74, 6) is -1.74. The summed E-state index contributed by atoms with van der Waals surface area (Å²) in [6, 6.07) is -0.703. The first kappa shape index (κ1) is 14.5. The van der Waals surface area contributed by atoms with Crippen LogP contribution in [0.25, 0.3) is 0 Å². The average molecular weight is 296 g/mol. The molecular formula is C13H16N2O4S. The molecule has 0 aliphatic heterocycles. The van der Waals surface area contributed by atoms with E-state index in [9.17, 15) is 19.5 Å². The number of carboxylic acids is 1. The van der Waals surface area contributed by atoms with Crippen LogP contribution in [-0.4, -0.2) is 28.9 Å². The van der Waals surface area contributed by atoms with Crippen LogP contribution in [0.3, 0.4) is 0 Å².